The van der Waals surface area contributed by atoms with Gasteiger partial charge in [0, 0.05) is 13.1 Å². The monoisotopic (exact) mass is 328 g/mol. The Hall–Kier alpha value is -2.39. The third kappa shape index (κ3) is 4.86. The van der Waals surface area contributed by atoms with E-state index in [9.17, 15) is 31.1 Å². The molecule has 0 saturated carbocycles. The number of nitrogens with zero attached hydrogens (tertiary/aromatic N) is 1. The molecule has 10 heteroatoms. The van der Waals surface area contributed by atoms with Crippen LogP contribution in [0.15, 0.2) is 35.1 Å². The number of H-pyrrole nitrogens is 1. The molecule has 0 radical (unpaired) electrons. The Kier molecular flexibility index (Phi) is 4.94. The standard InChI is InChI=1S/C7H5F3O.C5H5F3N2O/c8-7(9,10)5-2-1-3-6(11)4-5;1-10-4(11)2-3(9-10)5(6,7)8/h1-4,11H;2,9H,1H3. The van der Waals surface area contributed by atoms with Gasteiger partial charge in [0.15, 0.2) is 0 Å². The van der Waals surface area contributed by atoms with Crippen molar-refractivity contribution >= 4 is 0 Å². The van der Waals surface area contributed by atoms with Gasteiger partial charge in [-0.05, 0) is 18.2 Å². The summed E-state index contributed by atoms with van der Waals surface area (Å²) in [6.07, 6.45) is -8.85. The molecule has 4 nitrogen and oxygen atoms in total. The number of phenolic OH excluding ortho intramolecular Hbond substituents is 1. The second kappa shape index (κ2) is 6.16. The summed E-state index contributed by atoms with van der Waals surface area (Å²) < 4.78 is 71.7. The molecule has 0 unspecified atom stereocenters. The fourth-order valence-electron chi connectivity index (χ4n) is 1.32. The number of hydrogen-bond donors (Lipinski definition) is 2. The van der Waals surface area contributed by atoms with Crippen molar-refractivity contribution in [3.8, 4) is 5.75 Å². The van der Waals surface area contributed by atoms with Crippen molar-refractivity contribution in [2.24, 2.45) is 7.05 Å². The highest BCUT2D eigenvalue weighted by atomic mass is 19.4. The smallest absolute Gasteiger partial charge is 0.432 e. The topological polar surface area (TPSA) is 58.0 Å². The van der Waals surface area contributed by atoms with Gasteiger partial charge in [0.1, 0.15) is 11.4 Å². The fraction of sp³-hybridized carbons (Fsp3) is 0.250. The van der Waals surface area contributed by atoms with Crippen LogP contribution in [0, 0.1) is 0 Å². The minimum atomic E-state index is -4.47. The molecule has 22 heavy (non-hydrogen) atoms. The molecule has 1 aromatic heterocycles. The summed E-state index contributed by atoms with van der Waals surface area (Å²) in [6, 6.07) is 4.44. The normalized spacial score (nSPS) is 11.8. The van der Waals surface area contributed by atoms with E-state index < -0.39 is 29.2 Å². The van der Waals surface area contributed by atoms with Gasteiger partial charge in [-0.3, -0.25) is 14.6 Å². The Morgan fingerprint density at radius 2 is 1.64 bits per heavy atom. The van der Waals surface area contributed by atoms with Gasteiger partial charge in [-0.1, -0.05) is 6.07 Å². The van der Waals surface area contributed by atoms with Crippen molar-refractivity contribution in [1.29, 1.82) is 0 Å². The first kappa shape index (κ1) is 17.7. The Morgan fingerprint density at radius 1 is 1.05 bits per heavy atom. The summed E-state index contributed by atoms with van der Waals surface area (Å²) in [5.41, 5.74) is -2.56. The van der Waals surface area contributed by atoms with Crippen LogP contribution < -0.4 is 5.56 Å². The van der Waals surface area contributed by atoms with Crippen molar-refractivity contribution < 1.29 is 31.4 Å². The molecule has 0 aliphatic carbocycles. The third-order valence-electron chi connectivity index (χ3n) is 2.37. The maximum absolute atomic E-state index is 11.9. The van der Waals surface area contributed by atoms with E-state index in [1.807, 2.05) is 5.10 Å². The molecule has 122 valence electrons. The van der Waals surface area contributed by atoms with Crippen LogP contribution >= 0.6 is 0 Å². The average Bonchev–Trinajstić information content (AvgIpc) is 2.69. The highest BCUT2D eigenvalue weighted by molar-refractivity contribution is 5.28. The predicted octanol–water partition coefficient (Wildman–Crippen LogP) is 3.14. The van der Waals surface area contributed by atoms with Gasteiger partial charge in [-0.2, -0.15) is 26.3 Å². The number of aryl methyl sites for hydroxylation is 1. The molecule has 0 bridgehead atoms. The summed E-state index contributed by atoms with van der Waals surface area (Å²) in [4.78, 5) is 10.5. The lowest BCUT2D eigenvalue weighted by Gasteiger charge is -2.05. The molecule has 0 spiro atoms. The van der Waals surface area contributed by atoms with Crippen LogP contribution in [0.1, 0.15) is 11.3 Å². The number of nitrogens with one attached hydrogen (secondary N) is 1. The maximum atomic E-state index is 11.9. The molecule has 0 fully saturated rings. The number of hydrogen-bond acceptors (Lipinski definition) is 2. The summed E-state index contributed by atoms with van der Waals surface area (Å²) in [6.45, 7) is 0. The van der Waals surface area contributed by atoms with Gasteiger partial charge in [0.25, 0.3) is 5.56 Å². The summed E-state index contributed by atoms with van der Waals surface area (Å²) in [5.74, 6) is -0.375. The zero-order chi connectivity index (χ0) is 17.1. The van der Waals surface area contributed by atoms with E-state index >= 15 is 0 Å². The molecule has 0 aliphatic heterocycles. The lowest BCUT2D eigenvalue weighted by Crippen LogP contribution is -2.10. The van der Waals surface area contributed by atoms with Gasteiger partial charge in [0.05, 0.1) is 5.56 Å². The lowest BCUT2D eigenvalue weighted by molar-refractivity contribution is -0.141. The largest absolute Gasteiger partial charge is 0.508 e. The second-order valence-electron chi connectivity index (χ2n) is 4.11. The van der Waals surface area contributed by atoms with E-state index in [2.05, 4.69) is 0 Å². The Morgan fingerprint density at radius 3 is 1.91 bits per heavy atom. The maximum Gasteiger partial charge on any atom is 0.432 e. The molecule has 1 heterocycles. The Bertz CT molecular complexity index is 684. The van der Waals surface area contributed by atoms with E-state index in [1.54, 1.807) is 0 Å². The van der Waals surface area contributed by atoms with Crippen LogP contribution in [0.3, 0.4) is 0 Å². The van der Waals surface area contributed by atoms with E-state index in [0.717, 1.165) is 16.8 Å². The fourth-order valence-corrected chi connectivity index (χ4v) is 1.32. The van der Waals surface area contributed by atoms with Crippen molar-refractivity contribution in [1.82, 2.24) is 9.78 Å². The lowest BCUT2D eigenvalue weighted by atomic mass is 10.2. The van der Waals surface area contributed by atoms with Gasteiger partial charge in [-0.15, -0.1) is 0 Å². The van der Waals surface area contributed by atoms with Gasteiger partial charge in [-0.25, -0.2) is 0 Å². The number of aromatic nitrogens is 2. The zero-order valence-corrected chi connectivity index (χ0v) is 11.0. The van der Waals surface area contributed by atoms with E-state index in [-0.39, 0.29) is 5.75 Å². The molecular formula is C12H10F6N2O2. The van der Waals surface area contributed by atoms with Crippen molar-refractivity contribution in [2.75, 3.05) is 0 Å². The number of rotatable bonds is 0. The van der Waals surface area contributed by atoms with Gasteiger partial charge < -0.3 is 5.11 Å². The first-order valence-corrected chi connectivity index (χ1v) is 5.60. The zero-order valence-electron chi connectivity index (χ0n) is 11.0. The van der Waals surface area contributed by atoms with Crippen LogP contribution in [-0.2, 0) is 19.4 Å². The van der Waals surface area contributed by atoms with Crippen LogP contribution in [0.4, 0.5) is 26.3 Å². The number of aromatic amines is 1. The number of aromatic hydroxyl groups is 1. The third-order valence-corrected chi connectivity index (χ3v) is 2.37. The SMILES string of the molecule is Cn1[nH]c(C(F)(F)F)cc1=O.Oc1cccc(C(F)(F)F)c1. The highest BCUT2D eigenvalue weighted by Gasteiger charge is 2.33. The highest BCUT2D eigenvalue weighted by Crippen LogP contribution is 2.30. The molecule has 1 aromatic carbocycles. The molecule has 2 rings (SSSR count). The average molecular weight is 328 g/mol. The van der Waals surface area contributed by atoms with Crippen LogP contribution in [0.25, 0.3) is 0 Å². The summed E-state index contributed by atoms with van der Waals surface area (Å²) >= 11 is 0. The number of benzene rings is 1. The first-order chi connectivity index (χ1) is 9.91. The van der Waals surface area contributed by atoms with Crippen LogP contribution in [-0.4, -0.2) is 14.9 Å². The number of phenols is 1. The Balaban J connectivity index is 0.000000220. The van der Waals surface area contributed by atoms with Crippen LogP contribution in [0.2, 0.25) is 0 Å². The predicted molar refractivity (Wildman–Crippen MR) is 64.1 cm³/mol. The molecule has 0 aliphatic rings. The van der Waals surface area contributed by atoms with Gasteiger partial charge >= 0.3 is 12.4 Å². The van der Waals surface area contributed by atoms with Crippen molar-refractivity contribution in [2.45, 2.75) is 12.4 Å². The van der Waals surface area contributed by atoms with Crippen molar-refractivity contribution in [3.05, 3.63) is 51.9 Å². The van der Waals surface area contributed by atoms with Crippen LogP contribution in [0.5, 0.6) is 5.75 Å². The van der Waals surface area contributed by atoms with E-state index in [0.29, 0.717) is 12.1 Å². The van der Waals surface area contributed by atoms with E-state index in [1.165, 1.54) is 13.1 Å². The minimum Gasteiger partial charge on any atom is -0.508 e. The molecule has 0 saturated heterocycles. The number of halogens is 6. The molecule has 2 N–H and O–H groups in total. The van der Waals surface area contributed by atoms with Gasteiger partial charge in [0.2, 0.25) is 0 Å². The minimum absolute atomic E-state index is 0.375. The molecule has 0 amide bonds. The first-order valence-electron chi connectivity index (χ1n) is 5.60. The summed E-state index contributed by atoms with van der Waals surface area (Å²) in [5, 5.41) is 10.5. The number of alkyl halides is 6. The molecule has 2 aromatic rings. The second-order valence-corrected chi connectivity index (χ2v) is 4.11. The summed E-state index contributed by atoms with van der Waals surface area (Å²) in [7, 11) is 1.22. The molecular weight excluding hydrogens is 318 g/mol. The quantitative estimate of drug-likeness (QED) is 0.730. The molecule has 0 atom stereocenters. The Labute approximate surface area is 119 Å². The van der Waals surface area contributed by atoms with Crippen molar-refractivity contribution in [3.63, 3.8) is 0 Å². The van der Waals surface area contributed by atoms with E-state index in [4.69, 9.17) is 5.11 Å².